The zero-order chi connectivity index (χ0) is 16.4. The molecule has 0 saturated carbocycles. The predicted octanol–water partition coefficient (Wildman–Crippen LogP) is 3.80. The van der Waals surface area contributed by atoms with Gasteiger partial charge in [0.15, 0.2) is 11.5 Å². The highest BCUT2D eigenvalue weighted by Gasteiger charge is 2.35. The molecule has 122 valence electrons. The van der Waals surface area contributed by atoms with Crippen molar-refractivity contribution >= 4 is 5.97 Å². The summed E-state index contributed by atoms with van der Waals surface area (Å²) in [4.78, 5) is 12.0. The summed E-state index contributed by atoms with van der Waals surface area (Å²) in [5, 5.41) is 0. The molecule has 0 aliphatic heterocycles. The molecule has 0 spiro atoms. The Hall–Kier alpha value is -1.71. The summed E-state index contributed by atoms with van der Waals surface area (Å²) in [7, 11) is 4.79. The number of hydrogen-bond donors (Lipinski definition) is 0. The van der Waals surface area contributed by atoms with Gasteiger partial charge in [0.1, 0.15) is 0 Å². The number of aryl methyl sites for hydroxylation is 1. The molecular weight excluding hydrogens is 280 g/mol. The fourth-order valence-corrected chi connectivity index (χ4v) is 3.68. The highest BCUT2D eigenvalue weighted by atomic mass is 16.5. The molecular formula is C18H26O4. The summed E-state index contributed by atoms with van der Waals surface area (Å²) in [5.74, 6) is 1.84. The van der Waals surface area contributed by atoms with Crippen molar-refractivity contribution in [2.75, 3.05) is 21.3 Å². The van der Waals surface area contributed by atoms with Gasteiger partial charge >= 0.3 is 5.97 Å². The van der Waals surface area contributed by atoms with Gasteiger partial charge in [0.05, 0.1) is 27.2 Å². The van der Waals surface area contributed by atoms with E-state index in [1.54, 1.807) is 14.2 Å². The Bertz CT molecular complexity index is 565. The van der Waals surface area contributed by atoms with Crippen LogP contribution in [0.25, 0.3) is 0 Å². The summed E-state index contributed by atoms with van der Waals surface area (Å²) in [6.07, 6.45) is 2.01. The molecule has 3 atom stereocenters. The van der Waals surface area contributed by atoms with Crippen molar-refractivity contribution in [2.45, 2.75) is 45.4 Å². The van der Waals surface area contributed by atoms with Gasteiger partial charge in [0.25, 0.3) is 0 Å². The quantitative estimate of drug-likeness (QED) is 0.794. The fraction of sp³-hybridized carbons (Fsp3) is 0.611. The number of benzene rings is 1. The molecule has 0 N–H and O–H groups in total. The van der Waals surface area contributed by atoms with E-state index in [0.717, 1.165) is 29.9 Å². The van der Waals surface area contributed by atoms with E-state index in [2.05, 4.69) is 13.0 Å². The number of rotatable bonds is 4. The minimum absolute atomic E-state index is 0.155. The molecule has 1 aromatic rings. The summed E-state index contributed by atoms with van der Waals surface area (Å²) in [6.45, 7) is 6.16. The van der Waals surface area contributed by atoms with Gasteiger partial charge in [-0.1, -0.05) is 19.9 Å². The predicted molar refractivity (Wildman–Crippen MR) is 85.9 cm³/mol. The van der Waals surface area contributed by atoms with E-state index in [1.165, 1.54) is 18.2 Å². The van der Waals surface area contributed by atoms with Gasteiger partial charge in [-0.2, -0.15) is 0 Å². The molecule has 4 nitrogen and oxygen atoms in total. The monoisotopic (exact) mass is 306 g/mol. The molecule has 4 heteroatoms. The van der Waals surface area contributed by atoms with Gasteiger partial charge in [-0.25, -0.2) is 0 Å². The van der Waals surface area contributed by atoms with Gasteiger partial charge < -0.3 is 14.2 Å². The molecule has 1 aliphatic carbocycles. The van der Waals surface area contributed by atoms with Crippen molar-refractivity contribution in [1.82, 2.24) is 0 Å². The van der Waals surface area contributed by atoms with E-state index < -0.39 is 0 Å². The first kappa shape index (κ1) is 16.7. The van der Waals surface area contributed by atoms with Crippen molar-refractivity contribution in [3.63, 3.8) is 0 Å². The maximum absolute atomic E-state index is 12.0. The van der Waals surface area contributed by atoms with Crippen molar-refractivity contribution < 1.29 is 19.0 Å². The van der Waals surface area contributed by atoms with E-state index >= 15 is 0 Å². The van der Waals surface area contributed by atoms with Crippen LogP contribution in [0.3, 0.4) is 0 Å². The first-order valence-electron chi connectivity index (χ1n) is 7.79. The summed E-state index contributed by atoms with van der Waals surface area (Å²) < 4.78 is 16.1. The van der Waals surface area contributed by atoms with Gasteiger partial charge in [-0.05, 0) is 42.7 Å². The topological polar surface area (TPSA) is 44.8 Å². The lowest BCUT2D eigenvalue weighted by molar-refractivity contribution is -0.145. The van der Waals surface area contributed by atoms with Gasteiger partial charge in [0.2, 0.25) is 0 Å². The molecule has 0 aromatic heterocycles. The Morgan fingerprint density at radius 3 is 2.36 bits per heavy atom. The van der Waals surface area contributed by atoms with E-state index in [-0.39, 0.29) is 17.8 Å². The first-order chi connectivity index (χ1) is 10.5. The normalized spacial score (nSPS) is 21.7. The van der Waals surface area contributed by atoms with Crippen LogP contribution in [0.5, 0.6) is 11.5 Å². The van der Waals surface area contributed by atoms with Crippen molar-refractivity contribution in [3.05, 3.63) is 22.8 Å². The third kappa shape index (κ3) is 2.67. The van der Waals surface area contributed by atoms with Crippen LogP contribution in [0.15, 0.2) is 6.07 Å². The smallest absolute Gasteiger partial charge is 0.308 e. The molecule has 22 heavy (non-hydrogen) atoms. The lowest BCUT2D eigenvalue weighted by atomic mass is 9.71. The van der Waals surface area contributed by atoms with Crippen LogP contribution in [-0.4, -0.2) is 27.3 Å². The molecule has 0 saturated heterocycles. The van der Waals surface area contributed by atoms with E-state index in [9.17, 15) is 4.79 Å². The molecule has 0 fully saturated rings. The number of esters is 1. The zero-order valence-electron chi connectivity index (χ0n) is 14.4. The Kier molecular flexibility index (Phi) is 4.99. The van der Waals surface area contributed by atoms with Gasteiger partial charge in [-0.15, -0.1) is 0 Å². The van der Waals surface area contributed by atoms with Crippen LogP contribution in [0.2, 0.25) is 0 Å². The molecule has 0 radical (unpaired) electrons. The molecule has 0 bridgehead atoms. The fourth-order valence-electron chi connectivity index (χ4n) is 3.68. The van der Waals surface area contributed by atoms with E-state index in [0.29, 0.717) is 5.92 Å². The highest BCUT2D eigenvalue weighted by Crippen LogP contribution is 2.50. The number of fused-ring (bicyclic) bond motifs is 1. The molecule has 0 heterocycles. The zero-order valence-corrected chi connectivity index (χ0v) is 14.4. The van der Waals surface area contributed by atoms with Crippen LogP contribution in [0, 0.1) is 12.8 Å². The molecule has 1 aliphatic rings. The number of hydrogen-bond acceptors (Lipinski definition) is 4. The summed E-state index contributed by atoms with van der Waals surface area (Å²) in [6, 6.07) is 2.15. The first-order valence-corrected chi connectivity index (χ1v) is 7.79. The minimum Gasteiger partial charge on any atom is -0.493 e. The third-order valence-electron chi connectivity index (χ3n) is 4.88. The average Bonchev–Trinajstić information content (AvgIpc) is 2.52. The lowest BCUT2D eigenvalue weighted by Crippen LogP contribution is -2.25. The Morgan fingerprint density at radius 1 is 1.18 bits per heavy atom. The number of methoxy groups -OCH3 is 3. The van der Waals surface area contributed by atoms with Crippen LogP contribution >= 0.6 is 0 Å². The van der Waals surface area contributed by atoms with Crippen LogP contribution < -0.4 is 9.47 Å². The lowest BCUT2D eigenvalue weighted by Gasteiger charge is -2.34. The largest absolute Gasteiger partial charge is 0.493 e. The molecule has 0 amide bonds. The maximum Gasteiger partial charge on any atom is 0.308 e. The van der Waals surface area contributed by atoms with E-state index in [4.69, 9.17) is 14.2 Å². The summed E-state index contributed by atoms with van der Waals surface area (Å²) >= 11 is 0. The number of ether oxygens (including phenoxy) is 3. The van der Waals surface area contributed by atoms with Crippen molar-refractivity contribution in [1.29, 1.82) is 0 Å². The standard InChI is InChI=1S/C18H26O4/c1-10-7-8-13(12(3)18(19)22-6)14-9-11(2)16(20-4)17(21-5)15(10)14/h9-10,12-13H,7-8H2,1-6H3/t10-,12-,13-/m0/s1. The number of carbonyl (C=O) groups excluding carboxylic acids is 1. The Balaban J connectivity index is 2.60. The molecule has 0 unspecified atom stereocenters. The third-order valence-corrected chi connectivity index (χ3v) is 4.88. The molecule has 1 aromatic carbocycles. The second-order valence-corrected chi connectivity index (χ2v) is 6.16. The molecule has 2 rings (SSSR count). The maximum atomic E-state index is 12.0. The van der Waals surface area contributed by atoms with Gasteiger partial charge in [-0.3, -0.25) is 4.79 Å². The second kappa shape index (κ2) is 6.59. The van der Waals surface area contributed by atoms with Crippen molar-refractivity contribution in [3.8, 4) is 11.5 Å². The van der Waals surface area contributed by atoms with Crippen LogP contribution in [0.1, 0.15) is 55.2 Å². The van der Waals surface area contributed by atoms with Crippen LogP contribution in [0.4, 0.5) is 0 Å². The van der Waals surface area contributed by atoms with Gasteiger partial charge in [0, 0.05) is 5.56 Å². The average molecular weight is 306 g/mol. The van der Waals surface area contributed by atoms with Crippen molar-refractivity contribution in [2.24, 2.45) is 5.92 Å². The SMILES string of the molecule is COC(=O)[C@@H](C)[C@@H]1CC[C@H](C)c2c1cc(C)c(OC)c2OC. The van der Waals surface area contributed by atoms with E-state index in [1.807, 2.05) is 13.8 Å². The summed E-state index contributed by atoms with van der Waals surface area (Å²) in [5.41, 5.74) is 3.41. The second-order valence-electron chi connectivity index (χ2n) is 6.16. The highest BCUT2D eigenvalue weighted by molar-refractivity contribution is 5.74. The van der Waals surface area contributed by atoms with Crippen LogP contribution in [-0.2, 0) is 9.53 Å². The Morgan fingerprint density at radius 2 is 1.82 bits per heavy atom. The Labute approximate surface area is 132 Å². The minimum atomic E-state index is -0.159. The number of carbonyl (C=O) groups is 1.